The van der Waals surface area contributed by atoms with Gasteiger partial charge in [0.15, 0.2) is 11.9 Å². The first-order valence-electron chi connectivity index (χ1n) is 10.3. The normalized spacial score (nSPS) is 25.6. The van der Waals surface area contributed by atoms with Crippen molar-refractivity contribution in [3.63, 3.8) is 0 Å². The molecule has 4 rings (SSSR count). The van der Waals surface area contributed by atoms with Gasteiger partial charge in [0.2, 0.25) is 5.16 Å². The molecule has 1 aromatic heterocycles. The standard InChI is InChI=1S/C22H27N5O3S2/c1-13-15(17(28)21(2,3)4)27-18(29)16(30-6)19(27)31-22(13,12-14-10-8-7-9-11-14)32-20-23-24-25-26(20)5/h7-11,16,19H,12H2,1-6H3/t16-,19-,22?/m0/s1. The zero-order valence-corrected chi connectivity index (χ0v) is 20.7. The molecule has 10 heteroatoms. The van der Waals surface area contributed by atoms with E-state index in [0.717, 1.165) is 11.1 Å². The second-order valence-corrected chi connectivity index (χ2v) is 12.0. The van der Waals surface area contributed by atoms with Crippen molar-refractivity contribution in [3.05, 3.63) is 47.2 Å². The number of amides is 1. The average Bonchev–Trinajstić information content (AvgIpc) is 3.14. The number of tetrazole rings is 1. The summed E-state index contributed by atoms with van der Waals surface area (Å²) in [6.45, 7) is 7.59. The number of β-lactam (4-membered cyclic amide) rings is 1. The third kappa shape index (κ3) is 3.78. The van der Waals surface area contributed by atoms with E-state index in [0.29, 0.717) is 17.3 Å². The highest BCUT2D eigenvalue weighted by molar-refractivity contribution is 8.18. The van der Waals surface area contributed by atoms with Crippen molar-refractivity contribution in [1.29, 1.82) is 0 Å². The number of Topliss-reactive ketones (excluding diaryl/α,β-unsaturated/α-hetero) is 1. The van der Waals surface area contributed by atoms with Crippen LogP contribution in [0.4, 0.5) is 0 Å². The minimum Gasteiger partial charge on any atom is -0.368 e. The van der Waals surface area contributed by atoms with Gasteiger partial charge in [-0.3, -0.25) is 14.5 Å². The van der Waals surface area contributed by atoms with E-state index in [2.05, 4.69) is 27.7 Å². The molecule has 1 saturated heterocycles. The number of nitrogens with zero attached hydrogens (tertiary/aromatic N) is 5. The summed E-state index contributed by atoms with van der Waals surface area (Å²) in [5, 5.41) is 12.3. The molecule has 2 aliphatic rings. The summed E-state index contributed by atoms with van der Waals surface area (Å²) in [6.07, 6.45) is 0.0434. The van der Waals surface area contributed by atoms with E-state index in [4.69, 9.17) is 4.74 Å². The number of ketones is 1. The number of allylic oxidation sites excluding steroid dienone is 1. The number of aromatic nitrogens is 4. The number of thioether (sulfide) groups is 2. The zero-order chi connectivity index (χ0) is 23.3. The van der Waals surface area contributed by atoms with Crippen LogP contribution in [0.2, 0.25) is 0 Å². The lowest BCUT2D eigenvalue weighted by Crippen LogP contribution is -2.68. The first-order valence-corrected chi connectivity index (χ1v) is 12.0. The van der Waals surface area contributed by atoms with Crippen LogP contribution in [0.5, 0.6) is 0 Å². The molecule has 0 N–H and O–H groups in total. The summed E-state index contributed by atoms with van der Waals surface area (Å²) in [7, 11) is 3.33. The van der Waals surface area contributed by atoms with Gasteiger partial charge in [-0.25, -0.2) is 4.68 Å². The smallest absolute Gasteiger partial charge is 0.260 e. The Hall–Kier alpha value is -2.17. The zero-order valence-electron chi connectivity index (χ0n) is 19.0. The van der Waals surface area contributed by atoms with Crippen LogP contribution in [0, 0.1) is 5.41 Å². The van der Waals surface area contributed by atoms with Crippen LogP contribution in [0.15, 0.2) is 46.8 Å². The highest BCUT2D eigenvalue weighted by Gasteiger charge is 2.60. The number of hydrogen-bond donors (Lipinski definition) is 0. The largest absolute Gasteiger partial charge is 0.368 e. The molecular weight excluding hydrogens is 446 g/mol. The summed E-state index contributed by atoms with van der Waals surface area (Å²) in [6, 6.07) is 10.1. The quantitative estimate of drug-likeness (QED) is 0.592. The summed E-state index contributed by atoms with van der Waals surface area (Å²) in [5.41, 5.74) is 1.80. The molecule has 8 nitrogen and oxygen atoms in total. The number of ether oxygens (including phenoxy) is 1. The van der Waals surface area contributed by atoms with Crippen LogP contribution >= 0.6 is 23.5 Å². The lowest BCUT2D eigenvalue weighted by molar-refractivity contribution is -0.160. The molecule has 0 saturated carbocycles. The molecule has 3 heterocycles. The molecule has 0 aliphatic carbocycles. The van der Waals surface area contributed by atoms with Gasteiger partial charge < -0.3 is 4.74 Å². The fourth-order valence-corrected chi connectivity index (χ4v) is 7.24. The van der Waals surface area contributed by atoms with Crippen LogP contribution in [0.25, 0.3) is 0 Å². The predicted molar refractivity (Wildman–Crippen MR) is 124 cm³/mol. The van der Waals surface area contributed by atoms with Crippen molar-refractivity contribution in [2.75, 3.05) is 7.11 Å². The van der Waals surface area contributed by atoms with Gasteiger partial charge in [0, 0.05) is 26.0 Å². The van der Waals surface area contributed by atoms with Gasteiger partial charge in [0.25, 0.3) is 5.91 Å². The molecule has 0 radical (unpaired) electrons. The fourth-order valence-electron chi connectivity index (χ4n) is 3.92. The second kappa shape index (κ2) is 8.31. The van der Waals surface area contributed by atoms with Crippen molar-refractivity contribution in [2.45, 2.75) is 54.8 Å². The molecule has 0 bridgehead atoms. The summed E-state index contributed by atoms with van der Waals surface area (Å²) >= 11 is 3.15. The topological polar surface area (TPSA) is 90.2 Å². The summed E-state index contributed by atoms with van der Waals surface area (Å²) in [4.78, 5) is 28.2. The number of carbonyl (C=O) groups is 2. The number of benzene rings is 1. The van der Waals surface area contributed by atoms with Crippen molar-refractivity contribution in [2.24, 2.45) is 12.5 Å². The van der Waals surface area contributed by atoms with E-state index in [1.165, 1.54) is 18.9 Å². The SMILES string of the molecule is CO[C@H]1C(=O)N2C(C(=O)C(C)(C)C)=C(C)C(Cc3ccccc3)(Sc3nnnn3C)S[C@@H]12. The number of aryl methyl sites for hydroxylation is 1. The Bertz CT molecular complexity index is 1080. The molecule has 32 heavy (non-hydrogen) atoms. The van der Waals surface area contributed by atoms with Gasteiger partial charge in [-0.2, -0.15) is 0 Å². The van der Waals surface area contributed by atoms with Crippen molar-refractivity contribution in [1.82, 2.24) is 25.1 Å². The number of rotatable bonds is 6. The van der Waals surface area contributed by atoms with E-state index in [9.17, 15) is 9.59 Å². The molecule has 2 aromatic rings. The molecule has 1 aromatic carbocycles. The van der Waals surface area contributed by atoms with Gasteiger partial charge in [-0.05, 0) is 28.5 Å². The van der Waals surface area contributed by atoms with Crippen LogP contribution in [-0.4, -0.2) is 59.5 Å². The molecule has 0 spiro atoms. The number of methoxy groups -OCH3 is 1. The van der Waals surface area contributed by atoms with Gasteiger partial charge in [0.05, 0.1) is 9.78 Å². The van der Waals surface area contributed by atoms with Crippen molar-refractivity contribution < 1.29 is 14.3 Å². The maximum Gasteiger partial charge on any atom is 0.260 e. The van der Waals surface area contributed by atoms with Crippen LogP contribution in [-0.2, 0) is 27.8 Å². The molecule has 1 unspecified atom stereocenters. The van der Waals surface area contributed by atoms with Gasteiger partial charge in [-0.15, -0.1) is 16.9 Å². The first kappa shape index (κ1) is 23.0. The number of fused-ring (bicyclic) bond motifs is 1. The Balaban J connectivity index is 1.90. The minimum absolute atomic E-state index is 0.0580. The monoisotopic (exact) mass is 473 g/mol. The third-order valence-corrected chi connectivity index (χ3v) is 9.12. The Morgan fingerprint density at radius 2 is 1.97 bits per heavy atom. The average molecular weight is 474 g/mol. The second-order valence-electron chi connectivity index (χ2n) is 9.03. The van der Waals surface area contributed by atoms with E-state index in [-0.39, 0.29) is 17.1 Å². The Morgan fingerprint density at radius 1 is 1.28 bits per heavy atom. The number of hydrogen-bond acceptors (Lipinski definition) is 8. The van der Waals surface area contributed by atoms with Crippen LogP contribution in [0.1, 0.15) is 33.3 Å². The van der Waals surface area contributed by atoms with E-state index in [1.807, 2.05) is 45.9 Å². The number of carbonyl (C=O) groups excluding carboxylic acids is 2. The van der Waals surface area contributed by atoms with E-state index < -0.39 is 15.6 Å². The summed E-state index contributed by atoms with van der Waals surface area (Å²) < 4.78 is 6.55. The highest BCUT2D eigenvalue weighted by atomic mass is 32.2. The molecule has 1 amide bonds. The van der Waals surface area contributed by atoms with Crippen molar-refractivity contribution >= 4 is 35.2 Å². The Kier molecular flexibility index (Phi) is 5.98. The Labute approximate surface area is 196 Å². The maximum atomic E-state index is 13.6. The predicted octanol–water partition coefficient (Wildman–Crippen LogP) is 3.06. The third-order valence-electron chi connectivity index (χ3n) is 5.74. The highest BCUT2D eigenvalue weighted by Crippen LogP contribution is 2.59. The van der Waals surface area contributed by atoms with Gasteiger partial charge in [-0.1, -0.05) is 62.9 Å². The van der Waals surface area contributed by atoms with Crippen LogP contribution < -0.4 is 0 Å². The first-order chi connectivity index (χ1) is 15.1. The van der Waals surface area contributed by atoms with Crippen molar-refractivity contribution in [3.8, 4) is 0 Å². The van der Waals surface area contributed by atoms with Gasteiger partial charge >= 0.3 is 0 Å². The molecule has 1 fully saturated rings. The molecule has 170 valence electrons. The van der Waals surface area contributed by atoms with E-state index in [1.54, 1.807) is 28.4 Å². The summed E-state index contributed by atoms with van der Waals surface area (Å²) in [5.74, 6) is -0.229. The maximum absolute atomic E-state index is 13.6. The Morgan fingerprint density at radius 3 is 2.53 bits per heavy atom. The fraction of sp³-hybridized carbons (Fsp3) is 0.500. The van der Waals surface area contributed by atoms with Crippen LogP contribution in [0.3, 0.4) is 0 Å². The minimum atomic E-state index is -0.642. The molecule has 2 aliphatic heterocycles. The van der Waals surface area contributed by atoms with Gasteiger partial charge in [0.1, 0.15) is 5.37 Å². The van der Waals surface area contributed by atoms with E-state index >= 15 is 0 Å². The lowest BCUT2D eigenvalue weighted by atomic mass is 9.84. The molecular formula is C22H27N5O3S2. The molecule has 3 atom stereocenters. The lowest BCUT2D eigenvalue weighted by Gasteiger charge is -2.55.